The molecule has 4 heteroatoms. The molecule has 2 aromatic carbocycles. The number of anilines is 1. The van der Waals surface area contributed by atoms with E-state index in [0.29, 0.717) is 16.6 Å². The molecule has 0 saturated carbocycles. The van der Waals surface area contributed by atoms with Crippen LogP contribution in [0.5, 0.6) is 0 Å². The average molecular weight is 340 g/mol. The van der Waals surface area contributed by atoms with Gasteiger partial charge in [0.1, 0.15) is 0 Å². The highest BCUT2D eigenvalue weighted by Gasteiger charge is 2.09. The number of carbonyl (C=O) groups excluding carboxylic acids is 1. The Balaban J connectivity index is 1.98. The van der Waals surface area contributed by atoms with Crippen molar-refractivity contribution in [1.29, 1.82) is 0 Å². The zero-order valence-electron chi connectivity index (χ0n) is 14.6. The minimum absolute atomic E-state index is 0.199. The van der Waals surface area contributed by atoms with E-state index in [1.165, 1.54) is 5.56 Å². The van der Waals surface area contributed by atoms with Crippen molar-refractivity contribution >= 4 is 28.9 Å². The predicted molar refractivity (Wildman–Crippen MR) is 105 cm³/mol. The third-order valence-corrected chi connectivity index (χ3v) is 4.27. The molecule has 2 aromatic rings. The topological polar surface area (TPSA) is 41.1 Å². The molecule has 0 aliphatic rings. The van der Waals surface area contributed by atoms with Gasteiger partial charge < -0.3 is 5.32 Å². The van der Waals surface area contributed by atoms with Gasteiger partial charge in [-0.1, -0.05) is 43.2 Å². The molecule has 0 aliphatic carbocycles. The van der Waals surface area contributed by atoms with Crippen molar-refractivity contribution in [3.63, 3.8) is 0 Å². The second-order valence-electron chi connectivity index (χ2n) is 6.22. The summed E-state index contributed by atoms with van der Waals surface area (Å²) >= 11 is 5.24. The standard InChI is InChI=1S/C20H24N2OS/c1-5-15(4)16-6-8-18(9-7-16)21-20(24)22-19(23)17-11-13(2)10-14(3)12-17/h6-12,15H,5H2,1-4H3,(H2,21,22,23,24)/t15-/m1/s1. The molecule has 0 radical (unpaired) electrons. The van der Waals surface area contributed by atoms with Crippen molar-refractivity contribution in [3.05, 3.63) is 64.7 Å². The second-order valence-corrected chi connectivity index (χ2v) is 6.62. The highest BCUT2D eigenvalue weighted by Crippen LogP contribution is 2.20. The maximum Gasteiger partial charge on any atom is 0.257 e. The highest BCUT2D eigenvalue weighted by atomic mass is 32.1. The van der Waals surface area contributed by atoms with Gasteiger partial charge in [0.25, 0.3) is 5.91 Å². The Morgan fingerprint density at radius 3 is 2.21 bits per heavy atom. The minimum atomic E-state index is -0.199. The van der Waals surface area contributed by atoms with E-state index in [4.69, 9.17) is 12.2 Å². The summed E-state index contributed by atoms with van der Waals surface area (Å²) in [7, 11) is 0. The van der Waals surface area contributed by atoms with E-state index in [2.05, 4.69) is 36.6 Å². The first-order valence-electron chi connectivity index (χ1n) is 8.19. The lowest BCUT2D eigenvalue weighted by molar-refractivity contribution is 0.0977. The Labute approximate surface area is 149 Å². The molecule has 2 N–H and O–H groups in total. The largest absolute Gasteiger partial charge is 0.332 e. The Hall–Kier alpha value is -2.20. The van der Waals surface area contributed by atoms with Crippen LogP contribution >= 0.6 is 12.2 Å². The predicted octanol–water partition coefficient (Wildman–Crippen LogP) is 4.94. The van der Waals surface area contributed by atoms with E-state index in [9.17, 15) is 4.79 Å². The van der Waals surface area contributed by atoms with Crippen molar-refractivity contribution in [2.45, 2.75) is 40.0 Å². The quantitative estimate of drug-likeness (QED) is 0.774. The first-order chi connectivity index (χ1) is 11.4. The lowest BCUT2D eigenvalue weighted by Gasteiger charge is -2.12. The molecular formula is C20H24N2OS. The van der Waals surface area contributed by atoms with Gasteiger partial charge in [-0.15, -0.1) is 0 Å². The van der Waals surface area contributed by atoms with Crippen LogP contribution in [0.4, 0.5) is 5.69 Å². The summed E-state index contributed by atoms with van der Waals surface area (Å²) in [6, 6.07) is 13.9. The zero-order valence-corrected chi connectivity index (χ0v) is 15.5. The molecule has 0 aliphatic heterocycles. The first kappa shape index (κ1) is 18.1. The van der Waals surface area contributed by atoms with E-state index >= 15 is 0 Å². The number of hydrogen-bond donors (Lipinski definition) is 2. The van der Waals surface area contributed by atoms with Crippen molar-refractivity contribution in [1.82, 2.24) is 5.32 Å². The molecule has 0 fully saturated rings. The Morgan fingerprint density at radius 2 is 1.67 bits per heavy atom. The van der Waals surface area contributed by atoms with Gasteiger partial charge in [-0.05, 0) is 68.2 Å². The zero-order chi connectivity index (χ0) is 17.7. The van der Waals surface area contributed by atoms with Crippen LogP contribution in [0.1, 0.15) is 53.2 Å². The summed E-state index contributed by atoms with van der Waals surface area (Å²) < 4.78 is 0. The molecule has 0 bridgehead atoms. The number of rotatable bonds is 4. The van der Waals surface area contributed by atoms with Gasteiger partial charge in [0.2, 0.25) is 0 Å². The van der Waals surface area contributed by atoms with Gasteiger partial charge in [0.15, 0.2) is 5.11 Å². The number of hydrogen-bond acceptors (Lipinski definition) is 2. The lowest BCUT2D eigenvalue weighted by Crippen LogP contribution is -2.34. The molecule has 1 amide bonds. The maximum absolute atomic E-state index is 12.3. The van der Waals surface area contributed by atoms with Gasteiger partial charge in [-0.3, -0.25) is 10.1 Å². The van der Waals surface area contributed by atoms with Gasteiger partial charge >= 0.3 is 0 Å². The molecular weight excluding hydrogens is 316 g/mol. The van der Waals surface area contributed by atoms with E-state index in [1.54, 1.807) is 0 Å². The Bertz CT molecular complexity index is 718. The number of thiocarbonyl (C=S) groups is 1. The van der Waals surface area contributed by atoms with Gasteiger partial charge in [0, 0.05) is 11.3 Å². The smallest absolute Gasteiger partial charge is 0.257 e. The molecule has 1 atom stereocenters. The van der Waals surface area contributed by atoms with Crippen LogP contribution in [0.25, 0.3) is 0 Å². The molecule has 126 valence electrons. The Kier molecular flexibility index (Phi) is 6.10. The van der Waals surface area contributed by atoms with Crippen LogP contribution in [-0.4, -0.2) is 11.0 Å². The molecule has 24 heavy (non-hydrogen) atoms. The monoisotopic (exact) mass is 340 g/mol. The van der Waals surface area contributed by atoms with Crippen LogP contribution in [0.2, 0.25) is 0 Å². The van der Waals surface area contributed by atoms with Crippen LogP contribution in [-0.2, 0) is 0 Å². The lowest BCUT2D eigenvalue weighted by atomic mass is 9.99. The molecule has 0 aromatic heterocycles. The molecule has 3 nitrogen and oxygen atoms in total. The fourth-order valence-corrected chi connectivity index (χ4v) is 2.78. The third-order valence-electron chi connectivity index (χ3n) is 4.06. The number of amides is 1. The maximum atomic E-state index is 12.3. The highest BCUT2D eigenvalue weighted by molar-refractivity contribution is 7.80. The fourth-order valence-electron chi connectivity index (χ4n) is 2.57. The van der Waals surface area contributed by atoms with E-state index in [-0.39, 0.29) is 5.91 Å². The number of carbonyl (C=O) groups is 1. The van der Waals surface area contributed by atoms with Gasteiger partial charge in [-0.2, -0.15) is 0 Å². The van der Waals surface area contributed by atoms with Crippen LogP contribution in [0.3, 0.4) is 0 Å². The molecule has 0 unspecified atom stereocenters. The number of aryl methyl sites for hydroxylation is 2. The van der Waals surface area contributed by atoms with Gasteiger partial charge in [0.05, 0.1) is 0 Å². The molecule has 2 rings (SSSR count). The summed E-state index contributed by atoms with van der Waals surface area (Å²) in [4.78, 5) is 12.3. The minimum Gasteiger partial charge on any atom is -0.332 e. The van der Waals surface area contributed by atoms with Crippen molar-refractivity contribution in [3.8, 4) is 0 Å². The Morgan fingerprint density at radius 1 is 1.08 bits per heavy atom. The summed E-state index contributed by atoms with van der Waals surface area (Å²) in [5.41, 5.74) is 4.89. The normalized spacial score (nSPS) is 11.7. The third kappa shape index (κ3) is 4.90. The summed E-state index contributed by atoms with van der Waals surface area (Å²) in [6.45, 7) is 8.32. The summed E-state index contributed by atoms with van der Waals surface area (Å²) in [6.07, 6.45) is 1.11. The molecule has 0 heterocycles. The van der Waals surface area contributed by atoms with Crippen molar-refractivity contribution in [2.75, 3.05) is 5.32 Å². The number of benzene rings is 2. The fraction of sp³-hybridized carbons (Fsp3) is 0.300. The summed E-state index contributed by atoms with van der Waals surface area (Å²) in [5.74, 6) is 0.339. The second kappa shape index (κ2) is 8.06. The van der Waals surface area contributed by atoms with Crippen LogP contribution < -0.4 is 10.6 Å². The van der Waals surface area contributed by atoms with Gasteiger partial charge in [-0.25, -0.2) is 0 Å². The van der Waals surface area contributed by atoms with E-state index in [1.807, 2.05) is 44.2 Å². The average Bonchev–Trinajstić information content (AvgIpc) is 2.53. The van der Waals surface area contributed by atoms with Crippen molar-refractivity contribution in [2.24, 2.45) is 0 Å². The van der Waals surface area contributed by atoms with Crippen molar-refractivity contribution < 1.29 is 4.79 Å². The first-order valence-corrected chi connectivity index (χ1v) is 8.60. The van der Waals surface area contributed by atoms with Crippen LogP contribution in [0, 0.1) is 13.8 Å². The van der Waals surface area contributed by atoms with E-state index in [0.717, 1.165) is 23.2 Å². The molecule has 0 saturated heterocycles. The SMILES string of the molecule is CC[C@@H](C)c1ccc(NC(=S)NC(=O)c2cc(C)cc(C)c2)cc1. The van der Waals surface area contributed by atoms with E-state index < -0.39 is 0 Å². The summed E-state index contributed by atoms with van der Waals surface area (Å²) in [5, 5.41) is 6.09. The molecule has 0 spiro atoms. The van der Waals surface area contributed by atoms with Crippen LogP contribution in [0.15, 0.2) is 42.5 Å². The number of nitrogens with one attached hydrogen (secondary N) is 2.